The summed E-state index contributed by atoms with van der Waals surface area (Å²) in [5, 5.41) is 9.96. The molecular formula is C26H20F3N3O6. The quantitative estimate of drug-likeness (QED) is 0.298. The van der Waals surface area contributed by atoms with Crippen molar-refractivity contribution in [1.29, 1.82) is 0 Å². The van der Waals surface area contributed by atoms with Crippen molar-refractivity contribution in [2.45, 2.75) is 12.8 Å². The molecule has 0 aliphatic rings. The van der Waals surface area contributed by atoms with Crippen LogP contribution in [0, 0.1) is 0 Å². The van der Waals surface area contributed by atoms with Crippen LogP contribution in [-0.4, -0.2) is 35.8 Å². The van der Waals surface area contributed by atoms with Crippen molar-refractivity contribution in [2.75, 3.05) is 19.0 Å². The molecule has 3 aromatic carbocycles. The van der Waals surface area contributed by atoms with Crippen LogP contribution in [0.1, 0.15) is 21.8 Å². The van der Waals surface area contributed by atoms with E-state index in [4.69, 9.17) is 18.6 Å². The SMILES string of the molecule is COc1cc(C(=O)OCc2nnc(-c3ccccc3)o2)ccc1OCC(=O)Nc1ccccc1C(F)(F)F. The molecule has 1 amide bonds. The number of rotatable bonds is 9. The van der Waals surface area contributed by atoms with Crippen molar-refractivity contribution < 1.29 is 41.4 Å². The lowest BCUT2D eigenvalue weighted by molar-refractivity contribution is -0.137. The third kappa shape index (κ3) is 6.46. The van der Waals surface area contributed by atoms with Crippen molar-refractivity contribution in [2.24, 2.45) is 0 Å². The van der Waals surface area contributed by atoms with Gasteiger partial charge in [0.15, 0.2) is 24.7 Å². The summed E-state index contributed by atoms with van der Waals surface area (Å²) in [5.41, 5.74) is -0.543. The summed E-state index contributed by atoms with van der Waals surface area (Å²) in [6.45, 7) is -0.869. The Morgan fingerprint density at radius 1 is 0.947 bits per heavy atom. The van der Waals surface area contributed by atoms with E-state index in [1.165, 1.54) is 37.4 Å². The molecule has 0 radical (unpaired) electrons. The largest absolute Gasteiger partial charge is 0.493 e. The maximum Gasteiger partial charge on any atom is 0.418 e. The van der Waals surface area contributed by atoms with E-state index in [0.717, 1.165) is 17.7 Å². The summed E-state index contributed by atoms with van der Waals surface area (Å²) in [4.78, 5) is 24.7. The van der Waals surface area contributed by atoms with Crippen LogP contribution in [-0.2, 0) is 22.3 Å². The van der Waals surface area contributed by atoms with E-state index in [-0.39, 0.29) is 35.5 Å². The second kappa shape index (κ2) is 11.5. The fourth-order valence-electron chi connectivity index (χ4n) is 3.30. The molecule has 4 aromatic rings. The number of carbonyl (C=O) groups is 2. The summed E-state index contributed by atoms with van der Waals surface area (Å²) in [6.07, 6.45) is -4.63. The number of methoxy groups -OCH3 is 1. The van der Waals surface area contributed by atoms with Gasteiger partial charge in [-0.3, -0.25) is 4.79 Å². The summed E-state index contributed by atoms with van der Waals surface area (Å²) >= 11 is 0. The van der Waals surface area contributed by atoms with E-state index in [1.807, 2.05) is 18.2 Å². The normalized spacial score (nSPS) is 11.1. The third-order valence-corrected chi connectivity index (χ3v) is 5.08. The van der Waals surface area contributed by atoms with Crippen LogP contribution in [0.3, 0.4) is 0 Å². The third-order valence-electron chi connectivity index (χ3n) is 5.08. The van der Waals surface area contributed by atoms with Gasteiger partial charge in [0.2, 0.25) is 5.89 Å². The predicted molar refractivity (Wildman–Crippen MR) is 127 cm³/mol. The topological polar surface area (TPSA) is 113 Å². The molecule has 38 heavy (non-hydrogen) atoms. The number of hydrogen-bond acceptors (Lipinski definition) is 8. The molecule has 9 nitrogen and oxygen atoms in total. The Kier molecular flexibility index (Phi) is 7.90. The molecule has 4 rings (SSSR count). The van der Waals surface area contributed by atoms with Crippen molar-refractivity contribution in [1.82, 2.24) is 10.2 Å². The zero-order chi connectivity index (χ0) is 27.1. The number of nitrogens with one attached hydrogen (secondary N) is 1. The average Bonchev–Trinajstić information content (AvgIpc) is 3.40. The monoisotopic (exact) mass is 527 g/mol. The van der Waals surface area contributed by atoms with Gasteiger partial charge in [0.05, 0.1) is 23.9 Å². The number of amides is 1. The number of aromatic nitrogens is 2. The Hall–Kier alpha value is -4.87. The summed E-state index contributed by atoms with van der Waals surface area (Å²) < 4.78 is 60.7. The van der Waals surface area contributed by atoms with Gasteiger partial charge in [-0.05, 0) is 42.5 Å². The van der Waals surface area contributed by atoms with E-state index in [2.05, 4.69) is 15.5 Å². The number of carbonyl (C=O) groups excluding carboxylic acids is 2. The van der Waals surface area contributed by atoms with Crippen molar-refractivity contribution in [3.05, 3.63) is 89.8 Å². The number of esters is 1. The van der Waals surface area contributed by atoms with Gasteiger partial charge in [-0.15, -0.1) is 10.2 Å². The molecule has 1 heterocycles. The fraction of sp³-hybridized carbons (Fsp3) is 0.154. The fourth-order valence-corrected chi connectivity index (χ4v) is 3.30. The molecule has 1 N–H and O–H groups in total. The van der Waals surface area contributed by atoms with Crippen LogP contribution in [0.5, 0.6) is 11.5 Å². The number of alkyl halides is 3. The van der Waals surface area contributed by atoms with E-state index in [0.29, 0.717) is 0 Å². The minimum atomic E-state index is -4.63. The molecular weight excluding hydrogens is 507 g/mol. The molecule has 0 aliphatic heterocycles. The van der Waals surface area contributed by atoms with Crippen LogP contribution >= 0.6 is 0 Å². The second-order valence-electron chi connectivity index (χ2n) is 7.69. The summed E-state index contributed by atoms with van der Waals surface area (Å²) in [7, 11) is 1.32. The van der Waals surface area contributed by atoms with Gasteiger partial charge in [-0.25, -0.2) is 4.79 Å². The van der Waals surface area contributed by atoms with Crippen LogP contribution in [0.2, 0.25) is 0 Å². The molecule has 0 bridgehead atoms. The molecule has 196 valence electrons. The zero-order valence-electron chi connectivity index (χ0n) is 19.8. The summed E-state index contributed by atoms with van der Waals surface area (Å²) in [5.74, 6) is -0.953. The van der Waals surface area contributed by atoms with E-state index in [9.17, 15) is 22.8 Å². The van der Waals surface area contributed by atoms with Crippen LogP contribution in [0.25, 0.3) is 11.5 Å². The minimum Gasteiger partial charge on any atom is -0.493 e. The van der Waals surface area contributed by atoms with Gasteiger partial charge < -0.3 is 23.9 Å². The maximum absolute atomic E-state index is 13.1. The number of nitrogens with zero attached hydrogens (tertiary/aromatic N) is 2. The lowest BCUT2D eigenvalue weighted by Crippen LogP contribution is -2.22. The van der Waals surface area contributed by atoms with E-state index in [1.54, 1.807) is 12.1 Å². The standard InChI is InChI=1S/C26H20F3N3O6/c1-35-21-13-17(25(34)37-15-23-31-32-24(38-23)16-7-3-2-4-8-16)11-12-20(21)36-14-22(33)30-19-10-6-5-9-18(19)26(27,28)29/h2-13H,14-15H2,1H3,(H,30,33). The first-order chi connectivity index (χ1) is 18.2. The molecule has 0 fully saturated rings. The highest BCUT2D eigenvalue weighted by molar-refractivity contribution is 5.93. The van der Waals surface area contributed by atoms with Crippen molar-refractivity contribution >= 4 is 17.6 Å². The molecule has 0 spiro atoms. The van der Waals surface area contributed by atoms with E-state index < -0.39 is 35.9 Å². The first kappa shape index (κ1) is 26.2. The Bertz CT molecular complexity index is 1420. The average molecular weight is 527 g/mol. The van der Waals surface area contributed by atoms with Crippen LogP contribution in [0.4, 0.5) is 18.9 Å². The predicted octanol–water partition coefficient (Wildman–Crippen LogP) is 5.14. The first-order valence-electron chi connectivity index (χ1n) is 11.1. The second-order valence-corrected chi connectivity index (χ2v) is 7.69. The highest BCUT2D eigenvalue weighted by Gasteiger charge is 2.33. The number of anilines is 1. The zero-order valence-corrected chi connectivity index (χ0v) is 19.8. The van der Waals surface area contributed by atoms with Gasteiger partial charge in [0, 0.05) is 5.56 Å². The molecule has 0 saturated heterocycles. The van der Waals surface area contributed by atoms with Crippen LogP contribution in [0.15, 0.2) is 77.2 Å². The number of para-hydroxylation sites is 1. The minimum absolute atomic E-state index is 0.0905. The summed E-state index contributed by atoms with van der Waals surface area (Å²) in [6, 6.07) is 17.7. The molecule has 12 heteroatoms. The number of hydrogen-bond donors (Lipinski definition) is 1. The molecule has 0 unspecified atom stereocenters. The van der Waals surface area contributed by atoms with Crippen molar-refractivity contribution in [3.63, 3.8) is 0 Å². The van der Waals surface area contributed by atoms with Crippen LogP contribution < -0.4 is 14.8 Å². The highest BCUT2D eigenvalue weighted by Crippen LogP contribution is 2.34. The lowest BCUT2D eigenvalue weighted by atomic mass is 10.1. The lowest BCUT2D eigenvalue weighted by Gasteiger charge is -2.14. The Balaban J connectivity index is 1.34. The first-order valence-corrected chi connectivity index (χ1v) is 11.1. The van der Waals surface area contributed by atoms with Gasteiger partial charge in [0.1, 0.15) is 0 Å². The van der Waals surface area contributed by atoms with Gasteiger partial charge in [-0.2, -0.15) is 13.2 Å². The molecule has 0 atom stereocenters. The Morgan fingerprint density at radius 2 is 1.68 bits per heavy atom. The van der Waals surface area contributed by atoms with Gasteiger partial charge >= 0.3 is 12.1 Å². The smallest absolute Gasteiger partial charge is 0.418 e. The van der Waals surface area contributed by atoms with Gasteiger partial charge in [0.25, 0.3) is 11.8 Å². The number of ether oxygens (including phenoxy) is 3. The number of benzene rings is 3. The number of halogens is 3. The Labute approximate surface area is 214 Å². The Morgan fingerprint density at radius 3 is 2.42 bits per heavy atom. The molecule has 1 aromatic heterocycles. The van der Waals surface area contributed by atoms with Gasteiger partial charge in [-0.1, -0.05) is 30.3 Å². The van der Waals surface area contributed by atoms with E-state index >= 15 is 0 Å². The van der Waals surface area contributed by atoms with Crippen molar-refractivity contribution in [3.8, 4) is 23.0 Å². The molecule has 0 aliphatic carbocycles. The highest BCUT2D eigenvalue weighted by atomic mass is 19.4. The maximum atomic E-state index is 13.1. The molecule has 0 saturated carbocycles.